The topological polar surface area (TPSA) is 56.2 Å². The number of para-hydroxylation sites is 2. The maximum absolute atomic E-state index is 5.54. The summed E-state index contributed by atoms with van der Waals surface area (Å²) in [7, 11) is 3.62. The highest BCUT2D eigenvalue weighted by molar-refractivity contribution is 5.80. The molecule has 2 aliphatic rings. The second-order valence-electron chi connectivity index (χ2n) is 7.86. The van der Waals surface area contributed by atoms with Crippen LogP contribution in [0.2, 0.25) is 0 Å². The minimum absolute atomic E-state index is 0.599. The lowest BCUT2D eigenvalue weighted by Gasteiger charge is -2.37. The Labute approximate surface area is 179 Å². The average Bonchev–Trinajstić information content (AvgIpc) is 3.29. The summed E-state index contributed by atoms with van der Waals surface area (Å²) in [5, 5.41) is 3.62. The van der Waals surface area contributed by atoms with Crippen LogP contribution in [-0.4, -0.2) is 75.8 Å². The van der Waals surface area contributed by atoms with Crippen LogP contribution in [0.25, 0.3) is 0 Å². The molecule has 1 aromatic heterocycles. The maximum atomic E-state index is 5.54. The molecule has 160 valence electrons. The molecule has 2 aromatic rings. The fourth-order valence-electron chi connectivity index (χ4n) is 4.37. The lowest BCUT2D eigenvalue weighted by atomic mass is 10.1. The van der Waals surface area contributed by atoms with Crippen LogP contribution in [0.4, 0.5) is 11.5 Å². The molecule has 0 bridgehead atoms. The van der Waals surface area contributed by atoms with Gasteiger partial charge in [0, 0.05) is 59.1 Å². The zero-order chi connectivity index (χ0) is 20.8. The van der Waals surface area contributed by atoms with Crippen LogP contribution >= 0.6 is 0 Å². The van der Waals surface area contributed by atoms with Crippen molar-refractivity contribution < 1.29 is 4.74 Å². The maximum Gasteiger partial charge on any atom is 0.193 e. The first-order chi connectivity index (χ1) is 14.8. The lowest BCUT2D eigenvalue weighted by Crippen LogP contribution is -2.53. The van der Waals surface area contributed by atoms with Gasteiger partial charge in [-0.1, -0.05) is 18.2 Å². The molecular formula is C23H32N6O. The van der Waals surface area contributed by atoms with E-state index in [0.29, 0.717) is 5.92 Å². The van der Waals surface area contributed by atoms with Gasteiger partial charge in [0.05, 0.1) is 12.8 Å². The molecule has 2 fully saturated rings. The zero-order valence-corrected chi connectivity index (χ0v) is 18.0. The van der Waals surface area contributed by atoms with E-state index < -0.39 is 0 Å². The van der Waals surface area contributed by atoms with Crippen molar-refractivity contribution in [3.05, 3.63) is 48.7 Å². The number of rotatable bonds is 5. The Morgan fingerprint density at radius 2 is 1.87 bits per heavy atom. The van der Waals surface area contributed by atoms with E-state index in [1.807, 2.05) is 37.5 Å². The van der Waals surface area contributed by atoms with Crippen molar-refractivity contribution >= 4 is 17.5 Å². The number of aromatic nitrogens is 1. The highest BCUT2D eigenvalue weighted by Gasteiger charge is 2.26. The smallest absolute Gasteiger partial charge is 0.193 e. The summed E-state index contributed by atoms with van der Waals surface area (Å²) in [6.45, 7) is 6.87. The van der Waals surface area contributed by atoms with Crippen molar-refractivity contribution in [3.63, 3.8) is 0 Å². The first-order valence-corrected chi connectivity index (χ1v) is 10.8. The van der Waals surface area contributed by atoms with Gasteiger partial charge in [-0.15, -0.1) is 0 Å². The molecule has 2 saturated heterocycles. The van der Waals surface area contributed by atoms with Crippen molar-refractivity contribution in [1.82, 2.24) is 15.2 Å². The molecule has 1 unspecified atom stereocenters. The monoisotopic (exact) mass is 408 g/mol. The van der Waals surface area contributed by atoms with Crippen LogP contribution in [0.5, 0.6) is 5.75 Å². The third kappa shape index (κ3) is 4.61. The Balaban J connectivity index is 1.26. The molecule has 0 spiro atoms. The number of pyridine rings is 1. The van der Waals surface area contributed by atoms with Crippen molar-refractivity contribution in [3.8, 4) is 5.75 Å². The molecule has 7 nitrogen and oxygen atoms in total. The number of nitrogens with one attached hydrogen (secondary N) is 1. The molecule has 3 heterocycles. The van der Waals surface area contributed by atoms with Crippen molar-refractivity contribution in [1.29, 1.82) is 0 Å². The van der Waals surface area contributed by atoms with Crippen molar-refractivity contribution in [2.45, 2.75) is 6.42 Å². The summed E-state index contributed by atoms with van der Waals surface area (Å²) in [6.07, 6.45) is 3.04. The highest BCUT2D eigenvalue weighted by atomic mass is 16.5. The van der Waals surface area contributed by atoms with E-state index in [1.165, 1.54) is 12.1 Å². The van der Waals surface area contributed by atoms with Gasteiger partial charge < -0.3 is 24.8 Å². The van der Waals surface area contributed by atoms with E-state index >= 15 is 0 Å². The van der Waals surface area contributed by atoms with Gasteiger partial charge in [-0.2, -0.15) is 0 Å². The number of guanidine groups is 1. The molecule has 7 heteroatoms. The van der Waals surface area contributed by atoms with Gasteiger partial charge >= 0.3 is 0 Å². The van der Waals surface area contributed by atoms with Crippen LogP contribution in [0, 0.1) is 5.92 Å². The number of nitrogens with zero attached hydrogens (tertiary/aromatic N) is 5. The molecular weight excluding hydrogens is 376 g/mol. The SMILES string of the molecule is CN=C(NCC1CCN(c2ccccc2OC)C1)N1CCN(c2ccccn2)CC1. The largest absolute Gasteiger partial charge is 0.495 e. The molecule has 4 rings (SSSR count). The number of benzene rings is 1. The van der Waals surface area contributed by atoms with Crippen LogP contribution in [-0.2, 0) is 0 Å². The third-order valence-corrected chi connectivity index (χ3v) is 6.02. The molecule has 0 saturated carbocycles. The number of ether oxygens (including phenoxy) is 1. The van der Waals surface area contributed by atoms with Crippen LogP contribution in [0.15, 0.2) is 53.7 Å². The molecule has 1 N–H and O–H groups in total. The van der Waals surface area contributed by atoms with E-state index in [0.717, 1.165) is 63.3 Å². The second-order valence-corrected chi connectivity index (χ2v) is 7.86. The average molecular weight is 409 g/mol. The van der Waals surface area contributed by atoms with E-state index in [1.54, 1.807) is 7.11 Å². The van der Waals surface area contributed by atoms with Gasteiger partial charge in [-0.3, -0.25) is 4.99 Å². The summed E-state index contributed by atoms with van der Waals surface area (Å²) in [5.74, 6) is 3.61. The Hall–Kier alpha value is -2.96. The van der Waals surface area contributed by atoms with Gasteiger partial charge in [0.1, 0.15) is 11.6 Å². The molecule has 0 amide bonds. The minimum Gasteiger partial charge on any atom is -0.495 e. The first-order valence-electron chi connectivity index (χ1n) is 10.8. The summed E-state index contributed by atoms with van der Waals surface area (Å²) in [5.41, 5.74) is 1.19. The fraction of sp³-hybridized carbons (Fsp3) is 0.478. The van der Waals surface area contributed by atoms with E-state index in [-0.39, 0.29) is 0 Å². The Morgan fingerprint density at radius 3 is 2.60 bits per heavy atom. The van der Waals surface area contributed by atoms with Crippen LogP contribution in [0.1, 0.15) is 6.42 Å². The number of methoxy groups -OCH3 is 1. The first kappa shape index (κ1) is 20.3. The van der Waals surface area contributed by atoms with Gasteiger partial charge in [0.15, 0.2) is 5.96 Å². The minimum atomic E-state index is 0.599. The number of aliphatic imine (C=N–C) groups is 1. The number of hydrogen-bond acceptors (Lipinski definition) is 5. The van der Waals surface area contributed by atoms with Crippen molar-refractivity contribution in [2.75, 3.05) is 69.8 Å². The number of hydrogen-bond donors (Lipinski definition) is 1. The highest BCUT2D eigenvalue weighted by Crippen LogP contribution is 2.31. The van der Waals surface area contributed by atoms with E-state index in [2.05, 4.69) is 48.2 Å². The van der Waals surface area contributed by atoms with Crippen LogP contribution in [0.3, 0.4) is 0 Å². The summed E-state index contributed by atoms with van der Waals surface area (Å²) in [4.78, 5) is 16.1. The Kier molecular flexibility index (Phi) is 6.57. The second kappa shape index (κ2) is 9.69. The Bertz CT molecular complexity index is 835. The van der Waals surface area contributed by atoms with Crippen LogP contribution < -0.4 is 19.9 Å². The molecule has 0 aliphatic carbocycles. The summed E-state index contributed by atoms with van der Waals surface area (Å²) < 4.78 is 5.54. The lowest BCUT2D eigenvalue weighted by molar-refractivity contribution is 0.368. The van der Waals surface area contributed by atoms with E-state index in [9.17, 15) is 0 Å². The number of piperazine rings is 1. The molecule has 30 heavy (non-hydrogen) atoms. The number of anilines is 2. The predicted molar refractivity (Wildman–Crippen MR) is 123 cm³/mol. The zero-order valence-electron chi connectivity index (χ0n) is 18.0. The molecule has 1 atom stereocenters. The predicted octanol–water partition coefficient (Wildman–Crippen LogP) is 2.31. The normalized spacial score (nSPS) is 19.9. The van der Waals surface area contributed by atoms with Gasteiger partial charge in [-0.05, 0) is 36.6 Å². The van der Waals surface area contributed by atoms with E-state index in [4.69, 9.17) is 4.74 Å². The van der Waals surface area contributed by atoms with Crippen molar-refractivity contribution in [2.24, 2.45) is 10.9 Å². The molecule has 1 aromatic carbocycles. The summed E-state index contributed by atoms with van der Waals surface area (Å²) in [6, 6.07) is 14.4. The standard InChI is InChI=1S/C23H32N6O/c1-24-23(28-15-13-27(14-16-28)22-9-5-6-11-25-22)26-17-19-10-12-29(18-19)20-7-3-4-8-21(20)30-2/h3-9,11,19H,10,12-18H2,1-2H3,(H,24,26). The van der Waals surface area contributed by atoms with Gasteiger partial charge in [0.2, 0.25) is 0 Å². The van der Waals surface area contributed by atoms with Gasteiger partial charge in [-0.25, -0.2) is 4.98 Å². The molecule has 0 radical (unpaired) electrons. The fourth-order valence-corrected chi connectivity index (χ4v) is 4.37. The summed E-state index contributed by atoms with van der Waals surface area (Å²) >= 11 is 0. The Morgan fingerprint density at radius 1 is 1.07 bits per heavy atom. The molecule has 2 aliphatic heterocycles. The third-order valence-electron chi connectivity index (χ3n) is 6.02. The quantitative estimate of drug-likeness (QED) is 0.605. The van der Waals surface area contributed by atoms with Gasteiger partial charge in [0.25, 0.3) is 0 Å².